The minimum atomic E-state index is -0.213. The van der Waals surface area contributed by atoms with Crippen molar-refractivity contribution in [3.63, 3.8) is 0 Å². The fourth-order valence-electron chi connectivity index (χ4n) is 1.69. The van der Waals surface area contributed by atoms with E-state index in [2.05, 4.69) is 21.8 Å². The van der Waals surface area contributed by atoms with Crippen LogP contribution in [-0.4, -0.2) is 4.98 Å². The van der Waals surface area contributed by atoms with Crippen LogP contribution in [0.15, 0.2) is 89.9 Å². The van der Waals surface area contributed by atoms with Crippen LogP contribution in [0.1, 0.15) is 5.56 Å². The molecule has 1 aromatic heterocycles. The van der Waals surface area contributed by atoms with Crippen LogP contribution in [0.2, 0.25) is 0 Å². The molecule has 0 saturated heterocycles. The van der Waals surface area contributed by atoms with Gasteiger partial charge in [0.15, 0.2) is 0 Å². The zero-order valence-corrected chi connectivity index (χ0v) is 15.5. The Labute approximate surface area is 160 Å². The molecule has 0 unspecified atom stereocenters. The summed E-state index contributed by atoms with van der Waals surface area (Å²) in [5.41, 5.74) is 1.57. The molecule has 5 nitrogen and oxygen atoms in total. The van der Waals surface area contributed by atoms with Crippen LogP contribution < -0.4 is 10.2 Å². The second kappa shape index (κ2) is 10.9. The maximum Gasteiger partial charge on any atom is 2.00 e. The Morgan fingerprint density at radius 1 is 0.760 bits per heavy atom. The van der Waals surface area contributed by atoms with E-state index in [-0.39, 0.29) is 43.9 Å². The third-order valence-corrected chi connectivity index (χ3v) is 2.94. The van der Waals surface area contributed by atoms with Gasteiger partial charge in [-0.15, -0.1) is 0 Å². The van der Waals surface area contributed by atoms with Gasteiger partial charge < -0.3 is 10.2 Å². The van der Waals surface area contributed by atoms with Crippen molar-refractivity contribution in [3.05, 3.63) is 85.2 Å². The molecule has 6 heteroatoms. The molecule has 0 aliphatic carbocycles. The first-order valence-corrected chi connectivity index (χ1v) is 7.17. The van der Waals surface area contributed by atoms with Crippen molar-refractivity contribution >= 4 is 17.5 Å². The van der Waals surface area contributed by atoms with E-state index in [1.54, 1.807) is 54.9 Å². The van der Waals surface area contributed by atoms with Gasteiger partial charge in [0.2, 0.25) is 0 Å². The SMILES string of the molecule is C=Cc1ccncc1.[O-]c1ccccc1N=Nc1ccccc1[O-].[Pt+2]. The van der Waals surface area contributed by atoms with Gasteiger partial charge in [0.1, 0.15) is 0 Å². The second-order valence-corrected chi connectivity index (χ2v) is 4.62. The molecule has 0 aliphatic rings. The molecule has 0 amide bonds. The molecule has 0 fully saturated rings. The molecule has 0 N–H and O–H groups in total. The average molecular weight is 512 g/mol. The van der Waals surface area contributed by atoms with Crippen LogP contribution in [0.3, 0.4) is 0 Å². The van der Waals surface area contributed by atoms with Crippen LogP contribution in [-0.2, 0) is 21.1 Å². The van der Waals surface area contributed by atoms with Gasteiger partial charge in [0.05, 0.1) is 11.4 Å². The third kappa shape index (κ3) is 6.69. The molecule has 1 heterocycles. The van der Waals surface area contributed by atoms with Gasteiger partial charge in [-0.25, -0.2) is 0 Å². The van der Waals surface area contributed by atoms with E-state index < -0.39 is 0 Å². The summed E-state index contributed by atoms with van der Waals surface area (Å²) in [6.45, 7) is 3.60. The van der Waals surface area contributed by atoms with Gasteiger partial charge in [-0.05, 0) is 29.8 Å². The smallest absolute Gasteiger partial charge is 0.871 e. The minimum absolute atomic E-state index is 0. The average Bonchev–Trinajstić information content (AvgIpc) is 2.63. The van der Waals surface area contributed by atoms with Gasteiger partial charge in [0, 0.05) is 12.4 Å². The third-order valence-electron chi connectivity index (χ3n) is 2.94. The van der Waals surface area contributed by atoms with E-state index in [1.165, 1.54) is 12.1 Å². The normalized spacial score (nSPS) is 9.60. The summed E-state index contributed by atoms with van der Waals surface area (Å²) in [6, 6.07) is 16.4. The zero-order valence-electron chi connectivity index (χ0n) is 13.2. The molecule has 3 rings (SSSR count). The first-order valence-electron chi connectivity index (χ1n) is 7.17. The predicted octanol–water partition coefficient (Wildman–Crippen LogP) is 3.97. The van der Waals surface area contributed by atoms with Gasteiger partial charge in [0.25, 0.3) is 0 Å². The quantitative estimate of drug-likeness (QED) is 0.498. The first-order chi connectivity index (χ1) is 11.7. The number of hydrogen-bond acceptors (Lipinski definition) is 5. The number of para-hydroxylation sites is 2. The van der Waals surface area contributed by atoms with Crippen molar-refractivity contribution in [3.8, 4) is 11.5 Å². The van der Waals surface area contributed by atoms with Crippen molar-refractivity contribution in [2.45, 2.75) is 0 Å². The zero-order chi connectivity index (χ0) is 17.2. The molecular formula is C19H15N3O2Pt. The van der Waals surface area contributed by atoms with E-state index in [9.17, 15) is 10.2 Å². The van der Waals surface area contributed by atoms with E-state index in [1.807, 2.05) is 12.1 Å². The van der Waals surface area contributed by atoms with Gasteiger partial charge >= 0.3 is 21.1 Å². The van der Waals surface area contributed by atoms with E-state index >= 15 is 0 Å². The number of azo groups is 1. The standard InChI is InChI=1S/C12H10N2O2.C7H7N.Pt/c15-11-7-3-1-5-9(11)13-14-10-6-2-4-8-12(10)16;1-2-7-3-5-8-6-4-7;/h1-8,15-16H;2-6H,1H2;/q;;+2/p-2. The maximum absolute atomic E-state index is 11.3. The Kier molecular flexibility index (Phi) is 8.83. The Hall–Kier alpha value is -2.78. The molecule has 0 spiro atoms. The van der Waals surface area contributed by atoms with Crippen LogP contribution >= 0.6 is 0 Å². The molecule has 2 aromatic carbocycles. The summed E-state index contributed by atoms with van der Waals surface area (Å²) >= 11 is 0. The first kappa shape index (κ1) is 20.3. The Balaban J connectivity index is 0.000000295. The van der Waals surface area contributed by atoms with E-state index in [0.29, 0.717) is 0 Å². The molecule has 25 heavy (non-hydrogen) atoms. The number of pyridine rings is 1. The Bertz CT molecular complexity index is 776. The largest absolute Gasteiger partial charge is 2.00 e. The monoisotopic (exact) mass is 512 g/mol. The van der Waals surface area contributed by atoms with Crippen LogP contribution in [0.25, 0.3) is 6.08 Å². The number of aromatic nitrogens is 1. The molecule has 128 valence electrons. The summed E-state index contributed by atoms with van der Waals surface area (Å²) in [6.07, 6.45) is 5.29. The Morgan fingerprint density at radius 2 is 1.20 bits per heavy atom. The van der Waals surface area contributed by atoms with Gasteiger partial charge in [-0.2, -0.15) is 10.2 Å². The number of nitrogens with zero attached hydrogens (tertiary/aromatic N) is 3. The summed E-state index contributed by atoms with van der Waals surface area (Å²) in [5.74, 6) is -0.427. The molecule has 0 saturated carbocycles. The van der Waals surface area contributed by atoms with E-state index in [4.69, 9.17) is 0 Å². The fraction of sp³-hybridized carbons (Fsp3) is 0. The van der Waals surface area contributed by atoms with Crippen LogP contribution in [0.5, 0.6) is 11.5 Å². The maximum atomic E-state index is 11.3. The van der Waals surface area contributed by atoms with Crippen molar-refractivity contribution in [2.24, 2.45) is 10.2 Å². The van der Waals surface area contributed by atoms with Crippen molar-refractivity contribution in [2.75, 3.05) is 0 Å². The van der Waals surface area contributed by atoms with Crippen molar-refractivity contribution in [1.29, 1.82) is 0 Å². The fourth-order valence-corrected chi connectivity index (χ4v) is 1.69. The molecule has 0 bridgehead atoms. The summed E-state index contributed by atoms with van der Waals surface area (Å²) in [7, 11) is 0. The van der Waals surface area contributed by atoms with Gasteiger partial charge in [-0.1, -0.05) is 60.6 Å². The second-order valence-electron chi connectivity index (χ2n) is 4.62. The van der Waals surface area contributed by atoms with Crippen molar-refractivity contribution in [1.82, 2.24) is 4.98 Å². The Morgan fingerprint density at radius 3 is 1.56 bits per heavy atom. The minimum Gasteiger partial charge on any atom is -0.871 e. The summed E-state index contributed by atoms with van der Waals surface area (Å²) in [4.78, 5) is 3.85. The topological polar surface area (TPSA) is 83.7 Å². The molecule has 0 radical (unpaired) electrons. The van der Waals surface area contributed by atoms with Crippen LogP contribution in [0, 0.1) is 0 Å². The molecule has 0 aliphatic heterocycles. The number of benzene rings is 2. The number of rotatable bonds is 3. The van der Waals surface area contributed by atoms with Crippen molar-refractivity contribution < 1.29 is 31.3 Å². The summed E-state index contributed by atoms with van der Waals surface area (Å²) in [5, 5.41) is 30.1. The summed E-state index contributed by atoms with van der Waals surface area (Å²) < 4.78 is 0. The molecule has 0 atom stereocenters. The van der Waals surface area contributed by atoms with Gasteiger partial charge in [-0.3, -0.25) is 4.98 Å². The van der Waals surface area contributed by atoms with E-state index in [0.717, 1.165) is 5.56 Å². The molecule has 3 aromatic rings. The van der Waals surface area contributed by atoms with Crippen LogP contribution in [0.4, 0.5) is 11.4 Å². The molecular weight excluding hydrogens is 497 g/mol. The predicted molar refractivity (Wildman–Crippen MR) is 90.3 cm³/mol. The number of hydrogen-bond donors (Lipinski definition) is 0.